The summed E-state index contributed by atoms with van der Waals surface area (Å²) >= 11 is 9.70. The van der Waals surface area contributed by atoms with Crippen LogP contribution in [0.2, 0.25) is 0 Å². The Kier molecular flexibility index (Phi) is 4.57. The molecule has 7 heavy (non-hydrogen) atoms. The second-order valence-electron chi connectivity index (χ2n) is 1.26. The summed E-state index contributed by atoms with van der Waals surface area (Å²) in [5.41, 5.74) is 0. The van der Waals surface area contributed by atoms with Gasteiger partial charge in [-0.3, -0.25) is 4.79 Å². The highest BCUT2D eigenvalue weighted by Gasteiger charge is 2.15. The number of halogens is 2. The summed E-state index contributed by atoms with van der Waals surface area (Å²) in [6, 6.07) is 0. The molecule has 0 spiro atoms. The molecule has 0 saturated heterocycles. The Morgan fingerprint density at radius 2 is 1.71 bits per heavy atom. The Hall–Kier alpha value is 0.250. The number of alkyl halides is 1. The molecule has 42 valence electrons. The van der Waals surface area contributed by atoms with E-state index in [0.717, 1.165) is 0 Å². The lowest BCUT2D eigenvalue weighted by Crippen LogP contribution is -1.45. The van der Waals surface area contributed by atoms with Crippen molar-refractivity contribution in [3.63, 3.8) is 0 Å². The molecule has 0 aromatic rings. The molecule has 0 atom stereocenters. The first-order valence-corrected chi connectivity index (χ1v) is 2.86. The molecule has 1 aliphatic carbocycles. The van der Waals surface area contributed by atoms with E-state index in [9.17, 15) is 0 Å². The van der Waals surface area contributed by atoms with Gasteiger partial charge in [-0.15, -0.1) is 11.6 Å². The molecule has 0 aromatic heterocycles. The number of rotatable bonds is 0. The second kappa shape index (κ2) is 4.41. The molecule has 0 radical (unpaired) electrons. The molecule has 0 heterocycles. The maximum absolute atomic E-state index is 8.57. The van der Waals surface area contributed by atoms with E-state index >= 15 is 0 Å². The number of carbonyl (C=O) groups excluding carboxylic acids is 1. The minimum absolute atomic E-state index is 0.222. The number of carbonyl (C=O) groups is 1. The zero-order chi connectivity index (χ0) is 5.70. The van der Waals surface area contributed by atoms with Gasteiger partial charge in [0.15, 0.2) is 0 Å². The van der Waals surface area contributed by atoms with Crippen LogP contribution in [0.15, 0.2) is 0 Å². The van der Waals surface area contributed by atoms with Crippen LogP contribution in [0.5, 0.6) is 0 Å². The first-order valence-electron chi connectivity index (χ1n) is 1.99. The summed E-state index contributed by atoms with van der Waals surface area (Å²) in [4.78, 5) is 8.57. The Bertz CT molecular complexity index is 51.7. The molecule has 0 N–H and O–H groups in total. The molecule has 1 saturated carbocycles. The largest absolute Gasteiger partial charge is 0.285 e. The average Bonchev–Trinajstić information content (AvgIpc) is 2.25. The van der Waals surface area contributed by atoms with Crippen LogP contribution in [0.3, 0.4) is 0 Å². The minimum atomic E-state index is 0.222. The second-order valence-corrected chi connectivity index (χ2v) is 2.06. The normalized spacial score (nSPS) is 16.9. The number of hydrogen-bond acceptors (Lipinski definition) is 1. The summed E-state index contributed by atoms with van der Waals surface area (Å²) in [5, 5.41) is 0.556. The number of hydrogen-bond donors (Lipinski definition) is 0. The van der Waals surface area contributed by atoms with E-state index in [-0.39, 0.29) is 5.75 Å². The molecule has 1 fully saturated rings. The van der Waals surface area contributed by atoms with E-state index in [0.29, 0.717) is 5.38 Å². The van der Waals surface area contributed by atoms with Crippen molar-refractivity contribution in [3.8, 4) is 0 Å². The Morgan fingerprint density at radius 3 is 1.71 bits per heavy atom. The van der Waals surface area contributed by atoms with Crippen molar-refractivity contribution in [2.24, 2.45) is 0 Å². The van der Waals surface area contributed by atoms with Crippen molar-refractivity contribution in [1.29, 1.82) is 0 Å². The third-order valence-electron chi connectivity index (χ3n) is 0.507. The predicted molar refractivity (Wildman–Crippen MR) is 31.5 cm³/mol. The quantitative estimate of drug-likeness (QED) is 0.285. The third-order valence-corrected chi connectivity index (χ3v) is 0.943. The fourth-order valence-electron chi connectivity index (χ4n) is 0.0630. The van der Waals surface area contributed by atoms with Gasteiger partial charge in [0.05, 0.1) is 0 Å². The van der Waals surface area contributed by atoms with Gasteiger partial charge in [0.1, 0.15) is 0 Å². The lowest BCUT2D eigenvalue weighted by molar-refractivity contribution is 0.569. The topological polar surface area (TPSA) is 17.1 Å². The molecular formula is C4H6Cl2O. The van der Waals surface area contributed by atoms with Gasteiger partial charge in [0.25, 0.3) is 0 Å². The van der Waals surface area contributed by atoms with Gasteiger partial charge in [-0.25, -0.2) is 0 Å². The monoisotopic (exact) mass is 140 g/mol. The van der Waals surface area contributed by atoms with Gasteiger partial charge < -0.3 is 0 Å². The summed E-state index contributed by atoms with van der Waals surface area (Å²) in [6.45, 7) is 0. The van der Waals surface area contributed by atoms with E-state index in [1.807, 2.05) is 0 Å². The summed E-state index contributed by atoms with van der Waals surface area (Å²) in [7, 11) is 0. The van der Waals surface area contributed by atoms with E-state index < -0.39 is 0 Å². The molecule has 0 bridgehead atoms. The first-order chi connectivity index (χ1) is 3.31. The highest BCUT2D eigenvalue weighted by molar-refractivity contribution is 6.54. The van der Waals surface area contributed by atoms with Gasteiger partial charge in [-0.05, 0) is 24.4 Å². The lowest BCUT2D eigenvalue weighted by atomic mass is 11.0. The Balaban J connectivity index is 0.000000110. The van der Waals surface area contributed by atoms with Gasteiger partial charge in [-0.1, -0.05) is 0 Å². The van der Waals surface area contributed by atoms with E-state index in [1.165, 1.54) is 12.8 Å². The summed E-state index contributed by atoms with van der Waals surface area (Å²) < 4.78 is 0. The average molecular weight is 141 g/mol. The SMILES string of the molecule is ClC1CC1.O=CCl. The van der Waals surface area contributed by atoms with E-state index in [2.05, 4.69) is 11.6 Å². The van der Waals surface area contributed by atoms with Crippen molar-refractivity contribution in [2.45, 2.75) is 18.2 Å². The zero-order valence-electron chi connectivity index (χ0n) is 3.73. The van der Waals surface area contributed by atoms with Crippen LogP contribution >= 0.6 is 23.2 Å². The van der Waals surface area contributed by atoms with Crippen molar-refractivity contribution >= 4 is 28.9 Å². The summed E-state index contributed by atoms with van der Waals surface area (Å²) in [5.74, 6) is 0.222. The maximum atomic E-state index is 8.57. The van der Waals surface area contributed by atoms with Gasteiger partial charge in [-0.2, -0.15) is 0 Å². The molecule has 0 unspecified atom stereocenters. The predicted octanol–water partition coefficient (Wildman–Crippen LogP) is 1.80. The fourth-order valence-corrected chi connectivity index (χ4v) is 0.189. The molecule has 1 aliphatic rings. The van der Waals surface area contributed by atoms with Gasteiger partial charge in [0, 0.05) is 5.38 Å². The smallest absolute Gasteiger partial charge is 0.208 e. The fraction of sp³-hybridized carbons (Fsp3) is 0.750. The standard InChI is InChI=1S/C3H5Cl.CHClO/c4-3-1-2-3;2-1-3/h3H,1-2H2;1H. The highest BCUT2D eigenvalue weighted by atomic mass is 35.5. The third kappa shape index (κ3) is 10.7. The maximum Gasteiger partial charge on any atom is 0.208 e. The lowest BCUT2D eigenvalue weighted by Gasteiger charge is -1.50. The van der Waals surface area contributed by atoms with Crippen molar-refractivity contribution in [1.82, 2.24) is 0 Å². The Labute approximate surface area is 52.6 Å². The first kappa shape index (κ1) is 7.25. The van der Waals surface area contributed by atoms with Crippen LogP contribution in [-0.2, 0) is 4.79 Å². The minimum Gasteiger partial charge on any atom is -0.285 e. The van der Waals surface area contributed by atoms with Crippen molar-refractivity contribution in [2.75, 3.05) is 0 Å². The molecule has 3 heteroatoms. The molecule has 1 nitrogen and oxygen atoms in total. The highest BCUT2D eigenvalue weighted by Crippen LogP contribution is 2.25. The zero-order valence-corrected chi connectivity index (χ0v) is 5.24. The van der Waals surface area contributed by atoms with Crippen molar-refractivity contribution < 1.29 is 4.79 Å². The van der Waals surface area contributed by atoms with E-state index in [1.54, 1.807) is 0 Å². The van der Waals surface area contributed by atoms with Crippen LogP contribution in [0.25, 0.3) is 0 Å². The Morgan fingerprint density at radius 1 is 1.57 bits per heavy atom. The van der Waals surface area contributed by atoms with Crippen LogP contribution in [0.1, 0.15) is 12.8 Å². The van der Waals surface area contributed by atoms with Crippen LogP contribution in [0.4, 0.5) is 0 Å². The molecule has 0 amide bonds. The van der Waals surface area contributed by atoms with Crippen LogP contribution < -0.4 is 0 Å². The molecule has 1 rings (SSSR count). The molecule has 0 aromatic carbocycles. The van der Waals surface area contributed by atoms with Crippen LogP contribution in [0, 0.1) is 0 Å². The van der Waals surface area contributed by atoms with Crippen LogP contribution in [-0.4, -0.2) is 11.1 Å². The van der Waals surface area contributed by atoms with E-state index in [4.69, 9.17) is 16.4 Å². The summed E-state index contributed by atoms with van der Waals surface area (Å²) in [6.07, 6.45) is 2.50. The van der Waals surface area contributed by atoms with Gasteiger partial charge in [0.2, 0.25) is 5.75 Å². The molecular weight excluding hydrogens is 135 g/mol. The van der Waals surface area contributed by atoms with Crippen molar-refractivity contribution in [3.05, 3.63) is 0 Å². The van der Waals surface area contributed by atoms with Gasteiger partial charge >= 0.3 is 0 Å². The molecule has 0 aliphatic heterocycles.